The van der Waals surface area contributed by atoms with Gasteiger partial charge in [0.05, 0.1) is 31.7 Å². The molecule has 4 heterocycles. The maximum absolute atomic E-state index is 5.52. The van der Waals surface area contributed by atoms with Gasteiger partial charge in [-0.1, -0.05) is 0 Å². The molecule has 4 rings (SSSR count). The highest BCUT2D eigenvalue weighted by atomic mass is 16.5. The van der Waals surface area contributed by atoms with Crippen molar-refractivity contribution in [2.75, 3.05) is 26.8 Å². The van der Waals surface area contributed by atoms with E-state index in [-0.39, 0.29) is 0 Å². The lowest BCUT2D eigenvalue weighted by molar-refractivity contribution is 0.121. The van der Waals surface area contributed by atoms with E-state index in [0.29, 0.717) is 6.04 Å². The molecule has 0 aliphatic carbocycles. The topological polar surface area (TPSA) is 46.7 Å². The van der Waals surface area contributed by atoms with Crippen LogP contribution in [0.5, 0.6) is 0 Å². The van der Waals surface area contributed by atoms with E-state index in [9.17, 15) is 0 Å². The van der Waals surface area contributed by atoms with Crippen molar-refractivity contribution in [1.29, 1.82) is 0 Å². The maximum atomic E-state index is 5.52. The van der Waals surface area contributed by atoms with Crippen molar-refractivity contribution in [1.82, 2.24) is 19.4 Å². The van der Waals surface area contributed by atoms with Crippen LogP contribution in [0.25, 0.3) is 0 Å². The summed E-state index contributed by atoms with van der Waals surface area (Å²) in [7, 11) is 2.10. The Bertz CT molecular complexity index is 631. The van der Waals surface area contributed by atoms with Crippen molar-refractivity contribution in [2.45, 2.75) is 38.6 Å². The van der Waals surface area contributed by atoms with E-state index in [0.717, 1.165) is 63.8 Å². The molecular weight excluding hydrogens is 292 g/mol. The minimum Gasteiger partial charge on any atom is -0.468 e. The first-order valence-corrected chi connectivity index (χ1v) is 8.35. The number of nitrogens with zero attached hydrogens (tertiary/aromatic N) is 4. The average Bonchev–Trinajstić information content (AvgIpc) is 3.27. The summed E-state index contributed by atoms with van der Waals surface area (Å²) in [4.78, 5) is 9.60. The van der Waals surface area contributed by atoms with Gasteiger partial charge in [-0.05, 0) is 25.6 Å². The van der Waals surface area contributed by atoms with E-state index < -0.39 is 0 Å². The first kappa shape index (κ1) is 14.9. The zero-order valence-electron chi connectivity index (χ0n) is 13.6. The lowest BCUT2D eigenvalue weighted by Gasteiger charge is -2.31. The normalized spacial score (nSPS) is 21.9. The first-order valence-electron chi connectivity index (χ1n) is 8.35. The molecule has 1 atom stereocenters. The summed E-state index contributed by atoms with van der Waals surface area (Å²) in [5.41, 5.74) is 1.14. The van der Waals surface area contributed by atoms with Gasteiger partial charge >= 0.3 is 0 Å². The van der Waals surface area contributed by atoms with Gasteiger partial charge in [-0.2, -0.15) is 0 Å². The lowest BCUT2D eigenvalue weighted by Crippen LogP contribution is -2.41. The summed E-state index contributed by atoms with van der Waals surface area (Å²) in [5, 5.41) is 0. The third-order valence-corrected chi connectivity index (χ3v) is 4.74. The molecule has 2 aliphatic heterocycles. The molecule has 6 nitrogen and oxygen atoms in total. The number of rotatable bonds is 5. The third-order valence-electron chi connectivity index (χ3n) is 4.74. The van der Waals surface area contributed by atoms with Gasteiger partial charge in [0.25, 0.3) is 0 Å². The summed E-state index contributed by atoms with van der Waals surface area (Å²) < 4.78 is 13.2. The molecule has 0 unspecified atom stereocenters. The Morgan fingerprint density at radius 2 is 2.30 bits per heavy atom. The Hall–Kier alpha value is -1.63. The van der Waals surface area contributed by atoms with Gasteiger partial charge in [0, 0.05) is 38.5 Å². The summed E-state index contributed by atoms with van der Waals surface area (Å²) in [5.74, 6) is 2.17. The SMILES string of the molecule is CN(Cc1cn2c(n1)CN([C@@H]1CCOC1)CC2)Cc1ccco1. The van der Waals surface area contributed by atoms with Gasteiger partial charge in [-0.25, -0.2) is 4.98 Å². The van der Waals surface area contributed by atoms with E-state index in [1.807, 2.05) is 12.1 Å². The Balaban J connectivity index is 1.38. The zero-order chi connectivity index (χ0) is 15.6. The molecule has 2 aromatic heterocycles. The second kappa shape index (κ2) is 6.47. The maximum Gasteiger partial charge on any atom is 0.123 e. The van der Waals surface area contributed by atoms with Crippen LogP contribution in [0.3, 0.4) is 0 Å². The molecule has 2 aromatic rings. The number of imidazole rings is 1. The lowest BCUT2D eigenvalue weighted by atomic mass is 10.2. The predicted molar refractivity (Wildman–Crippen MR) is 85.7 cm³/mol. The van der Waals surface area contributed by atoms with Crippen LogP contribution in [-0.2, 0) is 30.9 Å². The monoisotopic (exact) mass is 316 g/mol. The smallest absolute Gasteiger partial charge is 0.123 e. The van der Waals surface area contributed by atoms with Crippen LogP contribution in [0.1, 0.15) is 23.7 Å². The van der Waals surface area contributed by atoms with E-state index in [1.54, 1.807) is 6.26 Å². The molecule has 2 aliphatic rings. The van der Waals surface area contributed by atoms with Crippen LogP contribution >= 0.6 is 0 Å². The van der Waals surface area contributed by atoms with Crippen LogP contribution in [0.15, 0.2) is 29.0 Å². The number of hydrogen-bond acceptors (Lipinski definition) is 5. The molecule has 1 fully saturated rings. The highest BCUT2D eigenvalue weighted by Gasteiger charge is 2.27. The molecule has 0 bridgehead atoms. The molecule has 0 spiro atoms. The van der Waals surface area contributed by atoms with Crippen LogP contribution in [-0.4, -0.2) is 52.2 Å². The number of aromatic nitrogens is 2. The second-order valence-electron chi connectivity index (χ2n) is 6.58. The fourth-order valence-corrected chi connectivity index (χ4v) is 3.53. The van der Waals surface area contributed by atoms with Gasteiger partial charge in [0.1, 0.15) is 11.6 Å². The van der Waals surface area contributed by atoms with Crippen molar-refractivity contribution < 1.29 is 9.15 Å². The molecule has 1 saturated heterocycles. The molecule has 0 aromatic carbocycles. The van der Waals surface area contributed by atoms with Gasteiger partial charge in [-0.15, -0.1) is 0 Å². The number of hydrogen-bond donors (Lipinski definition) is 0. The largest absolute Gasteiger partial charge is 0.468 e. The molecular formula is C17H24N4O2. The Kier molecular flexibility index (Phi) is 4.20. The summed E-state index contributed by atoms with van der Waals surface area (Å²) >= 11 is 0. The zero-order valence-corrected chi connectivity index (χ0v) is 13.6. The Morgan fingerprint density at radius 1 is 1.35 bits per heavy atom. The number of fused-ring (bicyclic) bond motifs is 1. The second-order valence-corrected chi connectivity index (χ2v) is 6.58. The van der Waals surface area contributed by atoms with E-state index in [4.69, 9.17) is 14.1 Å². The quantitative estimate of drug-likeness (QED) is 0.840. The van der Waals surface area contributed by atoms with E-state index in [2.05, 4.69) is 27.6 Å². The minimum atomic E-state index is 0.575. The van der Waals surface area contributed by atoms with Crippen molar-refractivity contribution in [3.63, 3.8) is 0 Å². The first-order chi connectivity index (χ1) is 11.3. The standard InChI is InChI=1S/C17H24N4O2/c1-19(11-16-3-2-7-23-16)9-14-10-21-6-5-20(12-17(21)18-14)15-4-8-22-13-15/h2-3,7,10,15H,4-6,8-9,11-13H2,1H3/t15-/m1/s1. The van der Waals surface area contributed by atoms with Crippen molar-refractivity contribution in [3.05, 3.63) is 41.9 Å². The van der Waals surface area contributed by atoms with E-state index >= 15 is 0 Å². The Morgan fingerprint density at radius 3 is 3.09 bits per heavy atom. The fraction of sp³-hybridized carbons (Fsp3) is 0.588. The number of furan rings is 1. The highest BCUT2D eigenvalue weighted by Crippen LogP contribution is 2.20. The Labute approximate surface area is 136 Å². The summed E-state index contributed by atoms with van der Waals surface area (Å²) in [6.45, 7) is 6.49. The van der Waals surface area contributed by atoms with Crippen LogP contribution in [0.4, 0.5) is 0 Å². The molecule has 0 radical (unpaired) electrons. The van der Waals surface area contributed by atoms with Gasteiger partial charge < -0.3 is 13.7 Å². The van der Waals surface area contributed by atoms with Crippen LogP contribution < -0.4 is 0 Å². The molecule has 0 amide bonds. The molecule has 0 saturated carbocycles. The third kappa shape index (κ3) is 3.34. The van der Waals surface area contributed by atoms with Crippen molar-refractivity contribution in [3.8, 4) is 0 Å². The fourth-order valence-electron chi connectivity index (χ4n) is 3.53. The molecule has 124 valence electrons. The summed E-state index contributed by atoms with van der Waals surface area (Å²) in [6.07, 6.45) is 5.08. The minimum absolute atomic E-state index is 0.575. The van der Waals surface area contributed by atoms with Gasteiger partial charge in [0.2, 0.25) is 0 Å². The van der Waals surface area contributed by atoms with Crippen LogP contribution in [0, 0.1) is 0 Å². The average molecular weight is 316 g/mol. The van der Waals surface area contributed by atoms with E-state index in [1.165, 1.54) is 5.82 Å². The van der Waals surface area contributed by atoms with Crippen molar-refractivity contribution in [2.24, 2.45) is 0 Å². The molecule has 0 N–H and O–H groups in total. The van der Waals surface area contributed by atoms with Crippen LogP contribution in [0.2, 0.25) is 0 Å². The van der Waals surface area contributed by atoms with Gasteiger partial charge in [-0.3, -0.25) is 9.80 Å². The van der Waals surface area contributed by atoms with Crippen molar-refractivity contribution >= 4 is 0 Å². The number of ether oxygens (including phenoxy) is 1. The molecule has 6 heteroatoms. The van der Waals surface area contributed by atoms with Gasteiger partial charge in [0.15, 0.2) is 0 Å². The summed E-state index contributed by atoms with van der Waals surface area (Å²) in [6, 6.07) is 4.52. The molecule has 23 heavy (non-hydrogen) atoms. The predicted octanol–water partition coefficient (Wildman–Crippen LogP) is 1.71. The highest BCUT2D eigenvalue weighted by molar-refractivity contribution is 5.07.